The summed E-state index contributed by atoms with van der Waals surface area (Å²) < 4.78 is 0. The van der Waals surface area contributed by atoms with Crippen molar-refractivity contribution in [1.82, 2.24) is 5.32 Å². The minimum absolute atomic E-state index is 0.633. The van der Waals surface area contributed by atoms with E-state index >= 15 is 0 Å². The Kier molecular flexibility index (Phi) is 51.6. The molecule has 11 heavy (non-hydrogen) atoms. The van der Waals surface area contributed by atoms with Crippen LogP contribution in [0.15, 0.2) is 0 Å². The van der Waals surface area contributed by atoms with Crippen LogP contribution in [0.3, 0.4) is 0 Å². The molecule has 0 radical (unpaired) electrons. The fraction of sp³-hybridized carbons (Fsp3) is 0.875. The fourth-order valence-electron chi connectivity index (χ4n) is 0.338. The maximum Gasteiger partial charge on any atom is 0.121 e. The Balaban J connectivity index is -0.000000138. The Morgan fingerprint density at radius 1 is 1.36 bits per heavy atom. The number of carbonyl (C=O) groups is 1. The molecule has 0 aromatic carbocycles. The number of hydrogen-bond donors (Lipinski definition) is 2. The highest BCUT2D eigenvalue weighted by molar-refractivity contribution is 5.49. The maximum atomic E-state index is 9.64. The first kappa shape index (κ1) is 16.9. The van der Waals surface area contributed by atoms with Crippen molar-refractivity contribution in [1.29, 1.82) is 0 Å². The summed E-state index contributed by atoms with van der Waals surface area (Å²) in [6.07, 6.45) is 1.55. The number of nitrogens with one attached hydrogen (secondary N) is 1. The van der Waals surface area contributed by atoms with Crippen LogP contribution in [0.1, 0.15) is 27.2 Å². The second-order valence-electron chi connectivity index (χ2n) is 1.31. The van der Waals surface area contributed by atoms with Crippen LogP contribution in [0, 0.1) is 0 Å². The van der Waals surface area contributed by atoms with Crippen LogP contribution < -0.4 is 5.32 Å². The topological polar surface area (TPSA) is 49.3 Å². The molecule has 0 saturated carbocycles. The molecule has 0 heterocycles. The smallest absolute Gasteiger partial charge is 0.121 e. The Labute approximate surface area is 69.8 Å². The van der Waals surface area contributed by atoms with Gasteiger partial charge in [0, 0.05) is 20.1 Å². The standard InChI is InChI=1S/C5H11NO.C2H6.CH4O/c1-2-6-4-3-5-7;2*1-2/h5-6H,2-4H2,1H3;1-2H3;2H,1H3. The molecular formula is C8H21NO2. The SMILES string of the molecule is CC.CCNCCC=O.CO. The van der Waals surface area contributed by atoms with Gasteiger partial charge in [-0.2, -0.15) is 0 Å². The molecular weight excluding hydrogens is 142 g/mol. The third-order valence-electron chi connectivity index (χ3n) is 0.689. The minimum atomic E-state index is 0.633. The van der Waals surface area contributed by atoms with E-state index in [9.17, 15) is 4.79 Å². The molecule has 0 bridgehead atoms. The number of hydrogen-bond acceptors (Lipinski definition) is 3. The Morgan fingerprint density at radius 2 is 1.82 bits per heavy atom. The van der Waals surface area contributed by atoms with Gasteiger partial charge in [0.15, 0.2) is 0 Å². The van der Waals surface area contributed by atoms with Crippen molar-refractivity contribution in [3.05, 3.63) is 0 Å². The molecule has 3 heteroatoms. The average molecular weight is 163 g/mol. The number of rotatable bonds is 4. The third kappa shape index (κ3) is 42.9. The molecule has 2 N–H and O–H groups in total. The van der Waals surface area contributed by atoms with E-state index in [0.717, 1.165) is 26.5 Å². The van der Waals surface area contributed by atoms with Gasteiger partial charge in [0.25, 0.3) is 0 Å². The van der Waals surface area contributed by atoms with E-state index in [1.165, 1.54) is 0 Å². The van der Waals surface area contributed by atoms with Gasteiger partial charge in [0.2, 0.25) is 0 Å². The molecule has 0 unspecified atom stereocenters. The molecule has 3 nitrogen and oxygen atoms in total. The number of carbonyl (C=O) groups excluding carboxylic acids is 1. The van der Waals surface area contributed by atoms with E-state index in [0.29, 0.717) is 6.42 Å². The Bertz CT molecular complexity index is 49.4. The van der Waals surface area contributed by atoms with E-state index in [-0.39, 0.29) is 0 Å². The van der Waals surface area contributed by atoms with Gasteiger partial charge in [0.05, 0.1) is 0 Å². The lowest BCUT2D eigenvalue weighted by molar-refractivity contribution is -0.107. The highest BCUT2D eigenvalue weighted by Crippen LogP contribution is 1.63. The highest BCUT2D eigenvalue weighted by Gasteiger charge is 1.77. The molecule has 0 atom stereocenters. The van der Waals surface area contributed by atoms with Gasteiger partial charge in [-0.3, -0.25) is 0 Å². The summed E-state index contributed by atoms with van der Waals surface area (Å²) in [5.74, 6) is 0. The zero-order chi connectivity index (χ0) is 9.54. The number of aliphatic hydroxyl groups is 1. The van der Waals surface area contributed by atoms with E-state index in [1.54, 1.807) is 0 Å². The Morgan fingerprint density at radius 3 is 2.09 bits per heavy atom. The summed E-state index contributed by atoms with van der Waals surface area (Å²) in [6.45, 7) is 7.79. The van der Waals surface area contributed by atoms with Crippen LogP contribution in [0.4, 0.5) is 0 Å². The molecule has 0 aliphatic rings. The first-order chi connectivity index (χ1) is 5.41. The molecule has 0 aliphatic heterocycles. The molecule has 70 valence electrons. The van der Waals surface area contributed by atoms with Crippen LogP contribution in [0.25, 0.3) is 0 Å². The molecule has 0 rings (SSSR count). The lowest BCUT2D eigenvalue weighted by Gasteiger charge is -1.91. The lowest BCUT2D eigenvalue weighted by atomic mass is 10.5. The van der Waals surface area contributed by atoms with Gasteiger partial charge in [-0.1, -0.05) is 20.8 Å². The minimum Gasteiger partial charge on any atom is -0.400 e. The fourth-order valence-corrected chi connectivity index (χ4v) is 0.338. The quantitative estimate of drug-likeness (QED) is 0.476. The van der Waals surface area contributed by atoms with Crippen LogP contribution in [0.5, 0.6) is 0 Å². The van der Waals surface area contributed by atoms with Gasteiger partial charge >= 0.3 is 0 Å². The second kappa shape index (κ2) is 33.6. The van der Waals surface area contributed by atoms with Crippen LogP contribution in [-0.4, -0.2) is 31.6 Å². The first-order valence-electron chi connectivity index (χ1n) is 4.01. The van der Waals surface area contributed by atoms with Crippen molar-refractivity contribution >= 4 is 6.29 Å². The van der Waals surface area contributed by atoms with Gasteiger partial charge in [-0.05, 0) is 6.54 Å². The zero-order valence-electron chi connectivity index (χ0n) is 8.05. The predicted molar refractivity (Wildman–Crippen MR) is 48.7 cm³/mol. The van der Waals surface area contributed by atoms with E-state index < -0.39 is 0 Å². The summed E-state index contributed by atoms with van der Waals surface area (Å²) in [5.41, 5.74) is 0. The molecule has 0 aromatic rings. The molecule has 0 fully saturated rings. The van der Waals surface area contributed by atoms with Gasteiger partial charge < -0.3 is 15.2 Å². The van der Waals surface area contributed by atoms with Crippen LogP contribution >= 0.6 is 0 Å². The highest BCUT2D eigenvalue weighted by atomic mass is 16.2. The number of aliphatic hydroxyl groups excluding tert-OH is 1. The van der Waals surface area contributed by atoms with Gasteiger partial charge in [0.1, 0.15) is 6.29 Å². The third-order valence-corrected chi connectivity index (χ3v) is 0.689. The van der Waals surface area contributed by atoms with Crippen LogP contribution in [-0.2, 0) is 4.79 Å². The van der Waals surface area contributed by atoms with Crippen molar-refractivity contribution in [3.63, 3.8) is 0 Å². The molecule has 0 spiro atoms. The molecule has 0 aliphatic carbocycles. The molecule has 0 saturated heterocycles. The van der Waals surface area contributed by atoms with E-state index in [2.05, 4.69) is 5.32 Å². The predicted octanol–water partition coefficient (Wildman–Crippen LogP) is 0.820. The van der Waals surface area contributed by atoms with Crippen molar-refractivity contribution in [2.45, 2.75) is 27.2 Å². The Hall–Kier alpha value is -0.410. The summed E-state index contributed by atoms with van der Waals surface area (Å²) in [6, 6.07) is 0. The summed E-state index contributed by atoms with van der Waals surface area (Å²) >= 11 is 0. The van der Waals surface area contributed by atoms with Gasteiger partial charge in [-0.15, -0.1) is 0 Å². The van der Waals surface area contributed by atoms with Crippen LogP contribution in [0.2, 0.25) is 0 Å². The van der Waals surface area contributed by atoms with Crippen molar-refractivity contribution in [2.24, 2.45) is 0 Å². The van der Waals surface area contributed by atoms with Gasteiger partial charge in [-0.25, -0.2) is 0 Å². The molecule has 0 amide bonds. The van der Waals surface area contributed by atoms with E-state index in [4.69, 9.17) is 5.11 Å². The zero-order valence-corrected chi connectivity index (χ0v) is 8.05. The largest absolute Gasteiger partial charge is 0.400 e. The monoisotopic (exact) mass is 163 g/mol. The first-order valence-corrected chi connectivity index (χ1v) is 4.01. The molecule has 0 aromatic heterocycles. The maximum absolute atomic E-state index is 9.64. The number of aldehydes is 1. The second-order valence-corrected chi connectivity index (χ2v) is 1.31. The van der Waals surface area contributed by atoms with Crippen molar-refractivity contribution in [2.75, 3.05) is 20.2 Å². The summed E-state index contributed by atoms with van der Waals surface area (Å²) in [7, 11) is 1.00. The van der Waals surface area contributed by atoms with Crippen molar-refractivity contribution in [3.8, 4) is 0 Å². The normalized spacial score (nSPS) is 6.64. The van der Waals surface area contributed by atoms with E-state index in [1.807, 2.05) is 20.8 Å². The summed E-state index contributed by atoms with van der Waals surface area (Å²) in [4.78, 5) is 9.64. The summed E-state index contributed by atoms with van der Waals surface area (Å²) in [5, 5.41) is 10.0. The average Bonchev–Trinajstić information content (AvgIpc) is 2.13. The van der Waals surface area contributed by atoms with Crippen molar-refractivity contribution < 1.29 is 9.90 Å². The lowest BCUT2D eigenvalue weighted by Crippen LogP contribution is -2.13.